The van der Waals surface area contributed by atoms with Crippen LogP contribution in [0.3, 0.4) is 0 Å². The second-order valence-corrected chi connectivity index (χ2v) is 11.7. The lowest BCUT2D eigenvalue weighted by Crippen LogP contribution is -2.42. The normalized spacial score (nSPS) is 15.1. The summed E-state index contributed by atoms with van der Waals surface area (Å²) in [7, 11) is -3.64. The van der Waals surface area contributed by atoms with Crippen LogP contribution in [-0.4, -0.2) is 48.3 Å². The van der Waals surface area contributed by atoms with Crippen LogP contribution in [0, 0.1) is 26.7 Å². The van der Waals surface area contributed by atoms with Gasteiger partial charge in [-0.05, 0) is 81.5 Å². The number of aryl methyl sites for hydroxylation is 3. The summed E-state index contributed by atoms with van der Waals surface area (Å²) in [6.45, 7) is 7.89. The van der Waals surface area contributed by atoms with Crippen LogP contribution >= 0.6 is 0 Å². The van der Waals surface area contributed by atoms with E-state index in [-0.39, 0.29) is 30.8 Å². The van der Waals surface area contributed by atoms with Crippen molar-refractivity contribution in [2.24, 2.45) is 11.0 Å². The van der Waals surface area contributed by atoms with Gasteiger partial charge in [-0.3, -0.25) is 14.6 Å². The molecule has 1 aliphatic heterocycles. The van der Waals surface area contributed by atoms with E-state index in [0.29, 0.717) is 34.7 Å². The molecule has 39 heavy (non-hydrogen) atoms. The number of pyridine rings is 1. The lowest BCUT2D eigenvalue weighted by atomic mass is 9.98. The van der Waals surface area contributed by atoms with Gasteiger partial charge in [-0.15, -0.1) is 0 Å². The molecule has 3 aromatic rings. The molecule has 1 aliphatic rings. The van der Waals surface area contributed by atoms with Gasteiger partial charge in [0.2, 0.25) is 15.9 Å². The highest BCUT2D eigenvalue weighted by Crippen LogP contribution is 2.29. The maximum Gasteiger partial charge on any atom is 0.257 e. The van der Waals surface area contributed by atoms with E-state index < -0.39 is 10.0 Å². The van der Waals surface area contributed by atoms with Crippen LogP contribution in [0.15, 0.2) is 70.9 Å². The minimum atomic E-state index is -3.64. The van der Waals surface area contributed by atoms with Gasteiger partial charge < -0.3 is 5.32 Å². The van der Waals surface area contributed by atoms with Crippen molar-refractivity contribution in [1.29, 1.82) is 0 Å². The maximum atomic E-state index is 13.3. The molecule has 0 bridgehead atoms. The number of hydrazone groups is 1. The summed E-state index contributed by atoms with van der Waals surface area (Å²) < 4.78 is 28.1. The first-order valence-electron chi connectivity index (χ1n) is 12.8. The molecule has 0 radical (unpaired) electrons. The molecule has 2 N–H and O–H groups in total. The number of sulfonamides is 1. The average molecular weight is 548 g/mol. The molecule has 4 rings (SSSR count). The molecule has 0 unspecified atom stereocenters. The molecular weight excluding hydrogens is 514 g/mol. The Balaban J connectivity index is 1.35. The molecular formula is C29H33N5O4S. The summed E-state index contributed by atoms with van der Waals surface area (Å²) in [5.74, 6) is -0.849. The second kappa shape index (κ2) is 11.9. The Morgan fingerprint density at radius 2 is 1.64 bits per heavy atom. The number of rotatable bonds is 7. The predicted octanol–water partition coefficient (Wildman–Crippen LogP) is 4.20. The third-order valence-corrected chi connectivity index (χ3v) is 9.03. The first-order valence-corrected chi connectivity index (χ1v) is 14.2. The highest BCUT2D eigenvalue weighted by atomic mass is 32.2. The van der Waals surface area contributed by atoms with Crippen LogP contribution in [0.25, 0.3) is 0 Å². The van der Waals surface area contributed by atoms with Crippen LogP contribution in [0.1, 0.15) is 52.4 Å². The van der Waals surface area contributed by atoms with Gasteiger partial charge in [0.05, 0.1) is 16.2 Å². The van der Waals surface area contributed by atoms with Crippen molar-refractivity contribution in [1.82, 2.24) is 14.7 Å². The molecule has 2 amide bonds. The number of hydrogen-bond donors (Lipinski definition) is 2. The molecule has 0 aliphatic carbocycles. The summed E-state index contributed by atoms with van der Waals surface area (Å²) in [5, 5.41) is 7.09. The molecule has 9 nitrogen and oxygen atoms in total. The van der Waals surface area contributed by atoms with Crippen LogP contribution in [0.2, 0.25) is 0 Å². The molecule has 1 aromatic heterocycles. The summed E-state index contributed by atoms with van der Waals surface area (Å²) in [5.41, 5.74) is 7.48. The van der Waals surface area contributed by atoms with Gasteiger partial charge in [0.25, 0.3) is 5.91 Å². The topological polar surface area (TPSA) is 121 Å². The predicted molar refractivity (Wildman–Crippen MR) is 151 cm³/mol. The first kappa shape index (κ1) is 28.1. The Morgan fingerprint density at radius 1 is 0.974 bits per heavy atom. The minimum absolute atomic E-state index is 0.241. The van der Waals surface area contributed by atoms with Gasteiger partial charge in [-0.25, -0.2) is 13.8 Å². The quantitative estimate of drug-likeness (QED) is 0.339. The number of anilines is 1. The molecule has 2 heterocycles. The van der Waals surface area contributed by atoms with Gasteiger partial charge in [0.15, 0.2) is 0 Å². The molecule has 10 heteroatoms. The zero-order valence-corrected chi connectivity index (χ0v) is 23.4. The van der Waals surface area contributed by atoms with E-state index in [1.54, 1.807) is 43.5 Å². The van der Waals surface area contributed by atoms with Crippen LogP contribution in [0.4, 0.5) is 5.69 Å². The number of aromatic nitrogens is 1. The second-order valence-electron chi connectivity index (χ2n) is 9.86. The van der Waals surface area contributed by atoms with E-state index in [0.717, 1.165) is 22.3 Å². The van der Waals surface area contributed by atoms with Crippen molar-refractivity contribution in [2.75, 3.05) is 18.4 Å². The lowest BCUT2D eigenvalue weighted by Gasteiger charge is -2.31. The van der Waals surface area contributed by atoms with Crippen molar-refractivity contribution < 1.29 is 18.0 Å². The lowest BCUT2D eigenvalue weighted by molar-refractivity contribution is -0.126. The van der Waals surface area contributed by atoms with Crippen LogP contribution in [-0.2, 0) is 14.8 Å². The summed E-state index contributed by atoms with van der Waals surface area (Å²) in [6.07, 6.45) is 3.93. The molecule has 1 saturated heterocycles. The number of nitrogens with zero attached hydrogens (tertiary/aromatic N) is 3. The third-order valence-electron chi connectivity index (χ3n) is 6.82. The Labute approximate surface area is 229 Å². The Morgan fingerprint density at radius 3 is 2.28 bits per heavy atom. The average Bonchev–Trinajstić information content (AvgIpc) is 2.91. The number of hydrogen-bond acceptors (Lipinski definition) is 6. The van der Waals surface area contributed by atoms with Crippen LogP contribution < -0.4 is 10.7 Å². The summed E-state index contributed by atoms with van der Waals surface area (Å²) in [6, 6.07) is 14.3. The van der Waals surface area contributed by atoms with E-state index in [4.69, 9.17) is 0 Å². The van der Waals surface area contributed by atoms with E-state index in [1.807, 2.05) is 39.0 Å². The molecule has 1 fully saturated rings. The molecule has 0 spiro atoms. The van der Waals surface area contributed by atoms with E-state index in [2.05, 4.69) is 20.8 Å². The van der Waals surface area contributed by atoms with E-state index in [1.165, 1.54) is 10.5 Å². The minimum Gasteiger partial charge on any atom is -0.322 e. The fraction of sp³-hybridized carbons (Fsp3) is 0.310. The van der Waals surface area contributed by atoms with Crippen LogP contribution in [0.5, 0.6) is 0 Å². The highest BCUT2D eigenvalue weighted by Gasteiger charge is 2.33. The van der Waals surface area contributed by atoms with Crippen molar-refractivity contribution in [3.05, 3.63) is 88.7 Å². The third kappa shape index (κ3) is 6.58. The standard InChI is InChI=1S/C29H33N5O4S/c1-19-15-20(2)27(21(3)16-19)39(37,38)34-13-10-23(11-14-34)29(36)33-32-22(4)24-7-5-9-26(17-24)31-28(35)25-8-6-12-30-18-25/h5-9,12,15-18,23H,10-11,13-14H2,1-4H3,(H,31,35)(H,33,36)/b32-22+. The van der Waals surface area contributed by atoms with Gasteiger partial charge >= 0.3 is 0 Å². The SMILES string of the molecule is C/C(=N\NC(=O)C1CCN(S(=O)(=O)c2c(C)cc(C)cc2C)CC1)c1cccc(NC(=O)c2cccnc2)c1. The number of carbonyl (C=O) groups is 2. The Hall–Kier alpha value is -3.89. The van der Waals surface area contributed by atoms with Crippen molar-refractivity contribution in [2.45, 2.75) is 45.4 Å². The van der Waals surface area contributed by atoms with Crippen molar-refractivity contribution >= 4 is 33.2 Å². The number of piperidine rings is 1. The highest BCUT2D eigenvalue weighted by molar-refractivity contribution is 7.89. The zero-order valence-electron chi connectivity index (χ0n) is 22.6. The number of nitrogens with one attached hydrogen (secondary N) is 2. The first-order chi connectivity index (χ1) is 18.6. The molecule has 204 valence electrons. The summed E-state index contributed by atoms with van der Waals surface area (Å²) >= 11 is 0. The zero-order chi connectivity index (χ0) is 28.2. The smallest absolute Gasteiger partial charge is 0.257 e. The molecule has 2 aromatic carbocycles. The van der Waals surface area contributed by atoms with E-state index >= 15 is 0 Å². The maximum absolute atomic E-state index is 13.3. The molecule has 0 saturated carbocycles. The van der Waals surface area contributed by atoms with Gasteiger partial charge in [-0.1, -0.05) is 29.8 Å². The van der Waals surface area contributed by atoms with Gasteiger partial charge in [0, 0.05) is 37.1 Å². The fourth-order valence-electron chi connectivity index (χ4n) is 4.88. The number of carbonyl (C=O) groups excluding carboxylic acids is 2. The Kier molecular flexibility index (Phi) is 8.57. The summed E-state index contributed by atoms with van der Waals surface area (Å²) in [4.78, 5) is 29.6. The van der Waals surface area contributed by atoms with Crippen molar-refractivity contribution in [3.63, 3.8) is 0 Å². The monoisotopic (exact) mass is 547 g/mol. The number of benzene rings is 2. The Bertz CT molecular complexity index is 1490. The fourth-order valence-corrected chi connectivity index (χ4v) is 6.76. The number of amides is 2. The van der Waals surface area contributed by atoms with Gasteiger partial charge in [0.1, 0.15) is 0 Å². The largest absolute Gasteiger partial charge is 0.322 e. The van der Waals surface area contributed by atoms with Crippen molar-refractivity contribution in [3.8, 4) is 0 Å². The van der Waals surface area contributed by atoms with Gasteiger partial charge in [-0.2, -0.15) is 9.41 Å². The molecule has 0 atom stereocenters. The van der Waals surface area contributed by atoms with E-state index in [9.17, 15) is 18.0 Å².